The molecule has 3 amide bonds. The topological polar surface area (TPSA) is 88.2 Å². The smallest absolute Gasteiger partial charge is 0.256 e. The molecule has 2 aromatic rings. The second kappa shape index (κ2) is 10.7. The Hall–Kier alpha value is -3.44. The highest BCUT2D eigenvalue weighted by atomic mass is 19.1. The lowest BCUT2D eigenvalue weighted by atomic mass is 9.96. The molecule has 0 radical (unpaired) electrons. The average molecular weight is 532 g/mol. The summed E-state index contributed by atoms with van der Waals surface area (Å²) < 4.78 is 52.7. The van der Waals surface area contributed by atoms with Crippen LogP contribution in [-0.2, 0) is 14.3 Å². The predicted molar refractivity (Wildman–Crippen MR) is 129 cm³/mol. The fourth-order valence-electron chi connectivity index (χ4n) is 5.33. The number of hydrogen-bond acceptors (Lipinski definition) is 5. The zero-order chi connectivity index (χ0) is 26.9. The van der Waals surface area contributed by atoms with Gasteiger partial charge < -0.3 is 19.7 Å². The molecule has 38 heavy (non-hydrogen) atoms. The van der Waals surface area contributed by atoms with E-state index in [0.29, 0.717) is 19.2 Å². The van der Waals surface area contributed by atoms with Gasteiger partial charge in [0.15, 0.2) is 0 Å². The first-order valence-electron chi connectivity index (χ1n) is 12.6. The maximum absolute atomic E-state index is 14.2. The fourth-order valence-corrected chi connectivity index (χ4v) is 5.33. The first kappa shape index (κ1) is 26.2. The van der Waals surface area contributed by atoms with E-state index in [9.17, 15) is 27.6 Å². The molecule has 3 saturated heterocycles. The maximum atomic E-state index is 14.2. The second-order valence-electron chi connectivity index (χ2n) is 9.75. The molecule has 3 fully saturated rings. The van der Waals surface area contributed by atoms with Crippen molar-refractivity contribution in [3.8, 4) is 0 Å². The number of hydrogen-bond donors (Lipinski definition) is 1. The van der Waals surface area contributed by atoms with Crippen molar-refractivity contribution in [2.24, 2.45) is 0 Å². The Kier molecular flexibility index (Phi) is 7.40. The molecule has 1 spiro atoms. The van der Waals surface area contributed by atoms with Crippen molar-refractivity contribution in [2.75, 3.05) is 32.8 Å². The molecule has 11 heteroatoms. The predicted octanol–water partition coefficient (Wildman–Crippen LogP) is 2.87. The molecule has 0 bridgehead atoms. The van der Waals surface area contributed by atoms with Gasteiger partial charge >= 0.3 is 0 Å². The van der Waals surface area contributed by atoms with E-state index >= 15 is 0 Å². The Morgan fingerprint density at radius 3 is 2.34 bits per heavy atom. The number of likely N-dealkylation sites (tertiary alicyclic amines) is 1. The molecule has 202 valence electrons. The van der Waals surface area contributed by atoms with Gasteiger partial charge in [0.1, 0.15) is 29.2 Å². The highest BCUT2D eigenvalue weighted by Crippen LogP contribution is 2.39. The zero-order valence-electron chi connectivity index (χ0n) is 20.6. The third-order valence-electron chi connectivity index (χ3n) is 7.39. The van der Waals surface area contributed by atoms with E-state index in [1.54, 1.807) is 0 Å². The highest BCUT2D eigenvalue weighted by Gasteiger charge is 2.54. The van der Waals surface area contributed by atoms with Gasteiger partial charge in [-0.15, -0.1) is 0 Å². The number of rotatable bonds is 5. The molecule has 0 saturated carbocycles. The van der Waals surface area contributed by atoms with E-state index in [1.807, 2.05) is 0 Å². The Labute approximate surface area is 217 Å². The van der Waals surface area contributed by atoms with Crippen LogP contribution in [0.5, 0.6) is 0 Å². The number of carbonyl (C=O) groups excluding carboxylic acids is 3. The molecule has 3 heterocycles. The van der Waals surface area contributed by atoms with Gasteiger partial charge in [-0.05, 0) is 49.2 Å². The van der Waals surface area contributed by atoms with Gasteiger partial charge in [0, 0.05) is 50.7 Å². The van der Waals surface area contributed by atoms with Gasteiger partial charge in [0.2, 0.25) is 5.91 Å². The number of nitrogens with one attached hydrogen (secondary N) is 1. The lowest BCUT2D eigenvalue weighted by molar-refractivity contribution is -0.128. The van der Waals surface area contributed by atoms with Gasteiger partial charge in [-0.2, -0.15) is 0 Å². The van der Waals surface area contributed by atoms with E-state index in [4.69, 9.17) is 9.47 Å². The number of benzene rings is 2. The standard InChI is InChI=1S/C27H28F3N3O5/c28-18-5-3-17(4-6-18)25(35)33-23(24(34)31-15-20-2-1-13-37-20)16-38-27(33)9-11-32(12-10-27)26(36)21-8-7-19(29)14-22(21)30/h3-8,14,20,23H,1-2,9-13,15-16H2,(H,31,34)/t20-,23+/m0/s1. The Morgan fingerprint density at radius 1 is 0.974 bits per heavy atom. The van der Waals surface area contributed by atoms with Gasteiger partial charge in [-0.25, -0.2) is 13.2 Å². The molecule has 0 unspecified atom stereocenters. The molecular weight excluding hydrogens is 503 g/mol. The Bertz CT molecular complexity index is 1210. The largest absolute Gasteiger partial charge is 0.376 e. The molecule has 2 aromatic carbocycles. The monoisotopic (exact) mass is 531 g/mol. The Balaban J connectivity index is 1.35. The van der Waals surface area contributed by atoms with Crippen molar-refractivity contribution in [1.82, 2.24) is 15.1 Å². The van der Waals surface area contributed by atoms with E-state index in [0.717, 1.165) is 25.0 Å². The van der Waals surface area contributed by atoms with Crippen LogP contribution in [0, 0.1) is 17.5 Å². The molecule has 3 aliphatic heterocycles. The van der Waals surface area contributed by atoms with Crippen LogP contribution in [0.4, 0.5) is 13.2 Å². The SMILES string of the molecule is O=C(NC[C@@H]1CCCO1)[C@H]1COC2(CCN(C(=O)c3ccc(F)cc3F)CC2)N1C(=O)c1ccc(F)cc1. The number of carbonyl (C=O) groups is 3. The molecule has 0 aliphatic carbocycles. The molecule has 8 nitrogen and oxygen atoms in total. The molecule has 5 rings (SSSR count). The lowest BCUT2D eigenvalue weighted by Crippen LogP contribution is -2.60. The van der Waals surface area contributed by atoms with Crippen molar-refractivity contribution >= 4 is 17.7 Å². The molecule has 0 aromatic heterocycles. The van der Waals surface area contributed by atoms with Crippen LogP contribution < -0.4 is 5.32 Å². The van der Waals surface area contributed by atoms with Crippen LogP contribution in [0.3, 0.4) is 0 Å². The third kappa shape index (κ3) is 5.12. The molecule has 1 N–H and O–H groups in total. The summed E-state index contributed by atoms with van der Waals surface area (Å²) in [7, 11) is 0. The van der Waals surface area contributed by atoms with Crippen molar-refractivity contribution in [3.05, 3.63) is 71.0 Å². The number of halogens is 3. The molecular formula is C27H28F3N3O5. The summed E-state index contributed by atoms with van der Waals surface area (Å²) in [4.78, 5) is 42.6. The van der Waals surface area contributed by atoms with Crippen LogP contribution in [0.2, 0.25) is 0 Å². The second-order valence-corrected chi connectivity index (χ2v) is 9.75. The van der Waals surface area contributed by atoms with Crippen LogP contribution in [0.1, 0.15) is 46.4 Å². The van der Waals surface area contributed by atoms with Crippen molar-refractivity contribution in [2.45, 2.75) is 43.6 Å². The summed E-state index contributed by atoms with van der Waals surface area (Å²) >= 11 is 0. The van der Waals surface area contributed by atoms with Crippen molar-refractivity contribution in [3.63, 3.8) is 0 Å². The van der Waals surface area contributed by atoms with Crippen LogP contribution >= 0.6 is 0 Å². The summed E-state index contributed by atoms with van der Waals surface area (Å²) in [6, 6.07) is 6.87. The normalized spacial score (nSPS) is 22.6. The van der Waals surface area contributed by atoms with Crippen LogP contribution in [0.25, 0.3) is 0 Å². The summed E-state index contributed by atoms with van der Waals surface area (Å²) in [6.45, 7) is 1.14. The summed E-state index contributed by atoms with van der Waals surface area (Å²) in [5.74, 6) is -3.72. The van der Waals surface area contributed by atoms with Gasteiger partial charge in [0.25, 0.3) is 11.8 Å². The van der Waals surface area contributed by atoms with Crippen molar-refractivity contribution in [1.29, 1.82) is 0 Å². The number of ether oxygens (including phenoxy) is 2. The summed E-state index contributed by atoms with van der Waals surface area (Å²) in [5.41, 5.74) is -1.24. The summed E-state index contributed by atoms with van der Waals surface area (Å²) in [6.07, 6.45) is 2.01. The minimum absolute atomic E-state index is 0.0508. The van der Waals surface area contributed by atoms with Crippen LogP contribution in [-0.4, -0.2) is 78.2 Å². The average Bonchev–Trinajstić information content (AvgIpc) is 3.56. The van der Waals surface area contributed by atoms with Gasteiger partial charge in [-0.3, -0.25) is 19.3 Å². The Morgan fingerprint density at radius 2 is 1.68 bits per heavy atom. The van der Waals surface area contributed by atoms with E-state index < -0.39 is 41.0 Å². The highest BCUT2D eigenvalue weighted by molar-refractivity contribution is 5.98. The maximum Gasteiger partial charge on any atom is 0.256 e. The third-order valence-corrected chi connectivity index (χ3v) is 7.39. The first-order valence-corrected chi connectivity index (χ1v) is 12.6. The van der Waals surface area contributed by atoms with Crippen molar-refractivity contribution < 1.29 is 37.0 Å². The fraction of sp³-hybridized carbons (Fsp3) is 0.444. The van der Waals surface area contributed by atoms with Crippen LogP contribution in [0.15, 0.2) is 42.5 Å². The lowest BCUT2D eigenvalue weighted by Gasteiger charge is -2.44. The zero-order valence-corrected chi connectivity index (χ0v) is 20.6. The molecule has 3 aliphatic rings. The minimum atomic E-state index is -1.19. The van der Waals surface area contributed by atoms with Gasteiger partial charge in [-0.1, -0.05) is 0 Å². The quantitative estimate of drug-likeness (QED) is 0.641. The molecule has 2 atom stereocenters. The van der Waals surface area contributed by atoms with E-state index in [1.165, 1.54) is 34.1 Å². The van der Waals surface area contributed by atoms with Gasteiger partial charge in [0.05, 0.1) is 18.3 Å². The number of nitrogens with zero attached hydrogens (tertiary/aromatic N) is 2. The number of amides is 3. The summed E-state index contributed by atoms with van der Waals surface area (Å²) in [5, 5.41) is 2.86. The first-order chi connectivity index (χ1) is 18.3. The number of piperidine rings is 1. The minimum Gasteiger partial charge on any atom is -0.376 e. The van der Waals surface area contributed by atoms with E-state index in [2.05, 4.69) is 5.32 Å². The van der Waals surface area contributed by atoms with E-state index in [-0.39, 0.29) is 55.7 Å².